The summed E-state index contributed by atoms with van der Waals surface area (Å²) in [6.45, 7) is 0. The van der Waals surface area contributed by atoms with Crippen molar-refractivity contribution in [2.45, 2.75) is 0 Å². The zero-order valence-corrected chi connectivity index (χ0v) is 11.5. The highest BCUT2D eigenvalue weighted by molar-refractivity contribution is 9.10. The van der Waals surface area contributed by atoms with Crippen molar-refractivity contribution in [2.24, 2.45) is 5.84 Å². The fourth-order valence-electron chi connectivity index (χ4n) is 1.45. The summed E-state index contributed by atoms with van der Waals surface area (Å²) in [5.74, 6) is 3.08. The van der Waals surface area contributed by atoms with Crippen LogP contribution in [0.25, 0.3) is 0 Å². The Bertz CT molecular complexity index is 666. The van der Waals surface area contributed by atoms with Gasteiger partial charge in [0.15, 0.2) is 0 Å². The molecule has 1 amide bonds. The van der Waals surface area contributed by atoms with Crippen molar-refractivity contribution in [2.75, 3.05) is 10.7 Å². The van der Waals surface area contributed by atoms with Gasteiger partial charge in [-0.3, -0.25) is 15.6 Å². The molecule has 0 spiro atoms. The molecule has 0 aliphatic heterocycles. The van der Waals surface area contributed by atoms with Gasteiger partial charge < -0.3 is 10.7 Å². The molecule has 0 saturated heterocycles. The normalized spacial score (nSPS) is 10.2. The monoisotopic (exact) mass is 342 g/mol. The average Bonchev–Trinajstić information content (AvgIpc) is 2.44. The van der Waals surface area contributed by atoms with Crippen molar-refractivity contribution >= 4 is 33.2 Å². The van der Waals surface area contributed by atoms with E-state index in [0.717, 1.165) is 12.1 Å². The number of hydrogen-bond donors (Lipinski definition) is 3. The number of nitrogens with one attached hydrogen (secondary N) is 2. The van der Waals surface area contributed by atoms with Crippen molar-refractivity contribution in [1.29, 1.82) is 0 Å². The van der Waals surface area contributed by atoms with Gasteiger partial charge in [0, 0.05) is 12.3 Å². The molecule has 20 heavy (non-hydrogen) atoms. The number of carbonyl (C=O) groups excluding carboxylic acids is 1. The van der Waals surface area contributed by atoms with E-state index in [4.69, 9.17) is 5.84 Å². The minimum atomic E-state index is -0.764. The van der Waals surface area contributed by atoms with Gasteiger partial charge in [0.1, 0.15) is 17.3 Å². The quantitative estimate of drug-likeness (QED) is 0.455. The third kappa shape index (κ3) is 3.09. The fraction of sp³-hybridized carbons (Fsp3) is 0. The second-order valence-corrected chi connectivity index (χ2v) is 4.63. The maximum atomic E-state index is 13.6. The number of halogens is 3. The summed E-state index contributed by atoms with van der Waals surface area (Å²) in [5, 5.41) is 2.24. The number of amides is 1. The van der Waals surface area contributed by atoms with Gasteiger partial charge in [0.25, 0.3) is 5.91 Å². The highest BCUT2D eigenvalue weighted by Gasteiger charge is 2.13. The fourth-order valence-corrected chi connectivity index (χ4v) is 1.76. The smallest absolute Gasteiger partial charge is 0.274 e. The predicted octanol–water partition coefficient (Wildman–Crippen LogP) is 2.66. The van der Waals surface area contributed by atoms with Gasteiger partial charge in [-0.1, -0.05) is 0 Å². The molecule has 1 aromatic heterocycles. The molecule has 0 bridgehead atoms. The second-order valence-electron chi connectivity index (χ2n) is 3.77. The van der Waals surface area contributed by atoms with E-state index in [1.165, 1.54) is 12.3 Å². The first-order valence-corrected chi connectivity index (χ1v) is 6.19. The number of hydrogen-bond acceptors (Lipinski definition) is 4. The summed E-state index contributed by atoms with van der Waals surface area (Å²) in [6, 6.07) is 4.73. The molecule has 0 saturated carbocycles. The van der Waals surface area contributed by atoms with Crippen LogP contribution in [0.1, 0.15) is 10.5 Å². The minimum absolute atomic E-state index is 0.0168. The van der Waals surface area contributed by atoms with Crippen LogP contribution in [-0.4, -0.2) is 10.9 Å². The van der Waals surface area contributed by atoms with Gasteiger partial charge in [-0.25, -0.2) is 8.78 Å². The number of rotatable bonds is 3. The largest absolute Gasteiger partial charge is 0.324 e. The Hall–Kier alpha value is -2.06. The lowest BCUT2D eigenvalue weighted by Crippen LogP contribution is -2.16. The summed E-state index contributed by atoms with van der Waals surface area (Å²) in [5.41, 5.74) is 2.56. The first-order valence-electron chi connectivity index (χ1n) is 5.40. The van der Waals surface area contributed by atoms with Crippen LogP contribution in [0, 0.1) is 11.6 Å². The Labute approximate surface area is 121 Å². The molecule has 0 fully saturated rings. The predicted molar refractivity (Wildman–Crippen MR) is 74.1 cm³/mol. The van der Waals surface area contributed by atoms with Crippen LogP contribution in [0.5, 0.6) is 0 Å². The molecule has 2 rings (SSSR count). The molecule has 5 nitrogen and oxygen atoms in total. The molecule has 1 aromatic carbocycles. The lowest BCUT2D eigenvalue weighted by Gasteiger charge is -2.08. The molecule has 0 aliphatic carbocycles. The number of nitrogen functional groups attached to an aromatic ring is 1. The molecular weight excluding hydrogens is 334 g/mol. The average molecular weight is 343 g/mol. The number of carbonyl (C=O) groups is 1. The third-order valence-corrected chi connectivity index (χ3v) is 3.03. The molecule has 104 valence electrons. The Balaban J connectivity index is 2.25. The highest BCUT2D eigenvalue weighted by atomic mass is 79.9. The van der Waals surface area contributed by atoms with Gasteiger partial charge in [-0.2, -0.15) is 0 Å². The van der Waals surface area contributed by atoms with E-state index in [2.05, 4.69) is 31.7 Å². The Morgan fingerprint density at radius 1 is 1.25 bits per heavy atom. The van der Waals surface area contributed by atoms with Gasteiger partial charge >= 0.3 is 0 Å². The van der Waals surface area contributed by atoms with E-state index in [0.29, 0.717) is 5.69 Å². The van der Waals surface area contributed by atoms with Gasteiger partial charge in [0.2, 0.25) is 0 Å². The molecule has 0 atom stereocenters. The van der Waals surface area contributed by atoms with E-state index < -0.39 is 17.5 Å². The van der Waals surface area contributed by atoms with E-state index in [-0.39, 0.29) is 15.9 Å². The van der Waals surface area contributed by atoms with Crippen LogP contribution in [0.3, 0.4) is 0 Å². The molecule has 2 aromatic rings. The molecule has 1 heterocycles. The lowest BCUT2D eigenvalue weighted by molar-refractivity contribution is 0.102. The number of pyridine rings is 1. The summed E-state index contributed by atoms with van der Waals surface area (Å²) < 4.78 is 26.9. The summed E-state index contributed by atoms with van der Waals surface area (Å²) in [6.07, 6.45) is 1.36. The SMILES string of the molecule is NNc1ccnc(C(=O)Nc2cc(F)c(Br)cc2F)c1. The molecular formula is C12H9BrF2N4O. The van der Waals surface area contributed by atoms with Crippen LogP contribution in [0.15, 0.2) is 34.9 Å². The van der Waals surface area contributed by atoms with Crippen LogP contribution in [0.4, 0.5) is 20.2 Å². The maximum Gasteiger partial charge on any atom is 0.274 e. The molecule has 8 heteroatoms. The lowest BCUT2D eigenvalue weighted by atomic mass is 10.2. The first kappa shape index (κ1) is 14.4. The number of benzene rings is 1. The Morgan fingerprint density at radius 3 is 2.70 bits per heavy atom. The summed E-state index contributed by atoms with van der Waals surface area (Å²) >= 11 is 2.85. The number of anilines is 2. The minimum Gasteiger partial charge on any atom is -0.324 e. The molecule has 0 unspecified atom stereocenters. The number of aromatic nitrogens is 1. The van der Waals surface area contributed by atoms with E-state index in [9.17, 15) is 13.6 Å². The summed E-state index contributed by atoms with van der Waals surface area (Å²) in [4.78, 5) is 15.7. The van der Waals surface area contributed by atoms with Crippen molar-refractivity contribution in [3.63, 3.8) is 0 Å². The third-order valence-electron chi connectivity index (χ3n) is 2.42. The maximum absolute atomic E-state index is 13.6. The summed E-state index contributed by atoms with van der Waals surface area (Å²) in [7, 11) is 0. The Morgan fingerprint density at radius 2 is 2.00 bits per heavy atom. The molecule has 0 radical (unpaired) electrons. The standard InChI is InChI=1S/C12H9BrF2N4O/c13-7-4-9(15)10(5-8(7)14)18-12(20)11-3-6(19-16)1-2-17-11/h1-5H,16H2,(H,17,19)(H,18,20). The van der Waals surface area contributed by atoms with Gasteiger partial charge in [-0.15, -0.1) is 0 Å². The first-order chi connectivity index (χ1) is 9.51. The van der Waals surface area contributed by atoms with E-state index in [1.807, 2.05) is 0 Å². The van der Waals surface area contributed by atoms with Crippen LogP contribution in [-0.2, 0) is 0 Å². The van der Waals surface area contributed by atoms with Crippen LogP contribution < -0.4 is 16.6 Å². The van der Waals surface area contributed by atoms with Gasteiger partial charge in [-0.05, 0) is 34.1 Å². The Kier molecular flexibility index (Phi) is 4.26. The van der Waals surface area contributed by atoms with Crippen molar-refractivity contribution < 1.29 is 13.6 Å². The van der Waals surface area contributed by atoms with Crippen molar-refractivity contribution in [3.8, 4) is 0 Å². The molecule has 0 aliphatic rings. The van der Waals surface area contributed by atoms with E-state index >= 15 is 0 Å². The van der Waals surface area contributed by atoms with Crippen molar-refractivity contribution in [3.05, 3.63) is 52.3 Å². The number of nitrogens with zero attached hydrogens (tertiary/aromatic N) is 1. The van der Waals surface area contributed by atoms with Crippen molar-refractivity contribution in [1.82, 2.24) is 4.98 Å². The molecule has 4 N–H and O–H groups in total. The van der Waals surface area contributed by atoms with E-state index in [1.54, 1.807) is 6.07 Å². The second kappa shape index (κ2) is 5.93. The zero-order chi connectivity index (χ0) is 14.7. The number of nitrogens with two attached hydrogens (primary N) is 1. The zero-order valence-electron chi connectivity index (χ0n) is 9.95. The number of hydrazine groups is 1. The topological polar surface area (TPSA) is 80.0 Å². The van der Waals surface area contributed by atoms with Crippen LogP contribution in [0.2, 0.25) is 0 Å². The highest BCUT2D eigenvalue weighted by Crippen LogP contribution is 2.23. The van der Waals surface area contributed by atoms with Crippen LogP contribution >= 0.6 is 15.9 Å². The van der Waals surface area contributed by atoms with Gasteiger partial charge in [0.05, 0.1) is 15.8 Å².